The second kappa shape index (κ2) is 7.80. The lowest BCUT2D eigenvalue weighted by atomic mass is 9.99. The van der Waals surface area contributed by atoms with Crippen molar-refractivity contribution >= 4 is 15.7 Å². The van der Waals surface area contributed by atoms with E-state index in [1.807, 2.05) is 60.7 Å². The van der Waals surface area contributed by atoms with Gasteiger partial charge in [0.2, 0.25) is 5.91 Å². The van der Waals surface area contributed by atoms with Crippen LogP contribution in [0.25, 0.3) is 0 Å². The topological polar surface area (TPSA) is 75.3 Å². The third-order valence-electron chi connectivity index (χ3n) is 4.33. The van der Waals surface area contributed by atoms with Gasteiger partial charge in [0.1, 0.15) is 0 Å². The third kappa shape index (κ3) is 4.90. The van der Waals surface area contributed by atoms with Crippen LogP contribution < -0.4 is 10.6 Å². The van der Waals surface area contributed by atoms with E-state index in [0.717, 1.165) is 11.1 Å². The maximum Gasteiger partial charge on any atom is 0.234 e. The molecule has 25 heavy (non-hydrogen) atoms. The number of carbonyl (C=O) groups excluding carboxylic acids is 1. The highest BCUT2D eigenvalue weighted by atomic mass is 32.2. The van der Waals surface area contributed by atoms with Crippen LogP contribution in [0.2, 0.25) is 0 Å². The Kier molecular flexibility index (Phi) is 5.50. The number of hydrogen-bond acceptors (Lipinski definition) is 4. The van der Waals surface area contributed by atoms with E-state index in [9.17, 15) is 13.2 Å². The second-order valence-corrected chi connectivity index (χ2v) is 8.53. The summed E-state index contributed by atoms with van der Waals surface area (Å²) >= 11 is 0. The SMILES string of the molecule is O=C(CNC(c1ccccc1)c1ccccc1)N[C@H]1CCS(=O)(=O)C1. The summed E-state index contributed by atoms with van der Waals surface area (Å²) in [6, 6.07) is 19.5. The fraction of sp³-hybridized carbons (Fsp3) is 0.316. The van der Waals surface area contributed by atoms with E-state index in [-0.39, 0.29) is 36.0 Å². The van der Waals surface area contributed by atoms with Gasteiger partial charge in [0.25, 0.3) is 0 Å². The van der Waals surface area contributed by atoms with Gasteiger partial charge in [-0.3, -0.25) is 10.1 Å². The predicted molar refractivity (Wildman–Crippen MR) is 97.9 cm³/mol. The lowest BCUT2D eigenvalue weighted by Crippen LogP contribution is -2.42. The van der Waals surface area contributed by atoms with Crippen LogP contribution in [0.1, 0.15) is 23.6 Å². The van der Waals surface area contributed by atoms with Crippen LogP contribution in [0.15, 0.2) is 60.7 Å². The van der Waals surface area contributed by atoms with Crippen molar-refractivity contribution in [1.82, 2.24) is 10.6 Å². The maximum atomic E-state index is 12.2. The van der Waals surface area contributed by atoms with Gasteiger partial charge < -0.3 is 5.32 Å². The van der Waals surface area contributed by atoms with Gasteiger partial charge in [-0.2, -0.15) is 0 Å². The van der Waals surface area contributed by atoms with Crippen molar-refractivity contribution < 1.29 is 13.2 Å². The first-order valence-electron chi connectivity index (χ1n) is 8.36. The van der Waals surface area contributed by atoms with Crippen LogP contribution in [0.4, 0.5) is 0 Å². The highest BCUT2D eigenvalue weighted by Gasteiger charge is 2.28. The van der Waals surface area contributed by atoms with Crippen molar-refractivity contribution in [2.45, 2.75) is 18.5 Å². The van der Waals surface area contributed by atoms with E-state index >= 15 is 0 Å². The zero-order chi connectivity index (χ0) is 17.7. The normalized spacial score (nSPS) is 19.0. The maximum absolute atomic E-state index is 12.2. The molecule has 0 aromatic heterocycles. The number of sulfone groups is 1. The van der Waals surface area contributed by atoms with Crippen molar-refractivity contribution in [2.75, 3.05) is 18.1 Å². The largest absolute Gasteiger partial charge is 0.351 e. The molecule has 0 spiro atoms. The van der Waals surface area contributed by atoms with Crippen molar-refractivity contribution in [3.63, 3.8) is 0 Å². The monoisotopic (exact) mass is 358 g/mol. The Bertz CT molecular complexity index is 768. The van der Waals surface area contributed by atoms with E-state index in [4.69, 9.17) is 0 Å². The Morgan fingerprint density at radius 3 is 2.04 bits per heavy atom. The van der Waals surface area contributed by atoms with Crippen LogP contribution in [0.3, 0.4) is 0 Å². The molecule has 1 amide bonds. The first-order valence-corrected chi connectivity index (χ1v) is 10.2. The third-order valence-corrected chi connectivity index (χ3v) is 6.10. The molecule has 5 nitrogen and oxygen atoms in total. The lowest BCUT2D eigenvalue weighted by molar-refractivity contribution is -0.120. The summed E-state index contributed by atoms with van der Waals surface area (Å²) in [6.07, 6.45) is 0.495. The van der Waals surface area contributed by atoms with E-state index in [2.05, 4.69) is 10.6 Å². The highest BCUT2D eigenvalue weighted by molar-refractivity contribution is 7.91. The Hall–Kier alpha value is -2.18. The molecule has 2 N–H and O–H groups in total. The number of carbonyl (C=O) groups is 1. The summed E-state index contributed by atoms with van der Waals surface area (Å²) in [5.74, 6) is 0.0145. The molecular formula is C19H22N2O3S. The number of amides is 1. The van der Waals surface area contributed by atoms with Gasteiger partial charge in [-0.05, 0) is 17.5 Å². The number of hydrogen-bond donors (Lipinski definition) is 2. The first-order chi connectivity index (χ1) is 12.0. The van der Waals surface area contributed by atoms with Gasteiger partial charge in [0.05, 0.1) is 24.1 Å². The van der Waals surface area contributed by atoms with Crippen molar-refractivity contribution in [2.24, 2.45) is 0 Å². The predicted octanol–water partition coefficient (Wildman–Crippen LogP) is 1.67. The summed E-state index contributed by atoms with van der Waals surface area (Å²) in [5, 5.41) is 6.10. The quantitative estimate of drug-likeness (QED) is 0.824. The average Bonchev–Trinajstić information content (AvgIpc) is 2.95. The van der Waals surface area contributed by atoms with E-state index in [1.165, 1.54) is 0 Å². The standard InChI is InChI=1S/C19H22N2O3S/c22-18(21-17-11-12-25(23,24)14-17)13-20-19(15-7-3-1-4-8-15)16-9-5-2-6-10-16/h1-10,17,19-20H,11-14H2,(H,21,22)/t17-/m0/s1. The zero-order valence-electron chi connectivity index (χ0n) is 13.9. The summed E-state index contributed by atoms with van der Waals surface area (Å²) in [4.78, 5) is 12.2. The van der Waals surface area contributed by atoms with Crippen LogP contribution in [0, 0.1) is 0 Å². The highest BCUT2D eigenvalue weighted by Crippen LogP contribution is 2.21. The van der Waals surface area contributed by atoms with Gasteiger partial charge in [0, 0.05) is 6.04 Å². The molecule has 1 atom stereocenters. The van der Waals surface area contributed by atoms with E-state index < -0.39 is 9.84 Å². The molecule has 0 radical (unpaired) electrons. The molecule has 2 aromatic carbocycles. The molecule has 0 bridgehead atoms. The Morgan fingerprint density at radius 2 is 1.56 bits per heavy atom. The molecule has 132 valence electrons. The first kappa shape index (κ1) is 17.6. The number of benzene rings is 2. The van der Waals surface area contributed by atoms with Crippen LogP contribution >= 0.6 is 0 Å². The molecule has 2 aromatic rings. The molecule has 1 aliphatic rings. The lowest BCUT2D eigenvalue weighted by Gasteiger charge is -2.20. The fourth-order valence-electron chi connectivity index (χ4n) is 3.10. The summed E-state index contributed by atoms with van der Waals surface area (Å²) < 4.78 is 23.0. The van der Waals surface area contributed by atoms with Crippen molar-refractivity contribution in [1.29, 1.82) is 0 Å². The minimum atomic E-state index is -2.99. The van der Waals surface area contributed by atoms with Gasteiger partial charge in [-0.15, -0.1) is 0 Å². The molecule has 1 fully saturated rings. The summed E-state index contributed by atoms with van der Waals surface area (Å²) in [7, 11) is -2.99. The Morgan fingerprint density at radius 1 is 1.00 bits per heavy atom. The summed E-state index contributed by atoms with van der Waals surface area (Å²) in [6.45, 7) is 0.130. The molecule has 0 saturated carbocycles. The van der Waals surface area contributed by atoms with Crippen LogP contribution in [-0.4, -0.2) is 38.4 Å². The molecule has 3 rings (SSSR count). The molecule has 1 heterocycles. The molecule has 1 saturated heterocycles. The smallest absolute Gasteiger partial charge is 0.234 e. The molecule has 1 aliphatic heterocycles. The number of nitrogens with one attached hydrogen (secondary N) is 2. The zero-order valence-corrected chi connectivity index (χ0v) is 14.7. The number of rotatable bonds is 6. The van der Waals surface area contributed by atoms with Gasteiger partial charge in [-0.1, -0.05) is 60.7 Å². The van der Waals surface area contributed by atoms with Gasteiger partial charge in [-0.25, -0.2) is 8.42 Å². The minimum Gasteiger partial charge on any atom is -0.351 e. The molecule has 0 aliphatic carbocycles. The van der Waals surface area contributed by atoms with Gasteiger partial charge in [0.15, 0.2) is 9.84 Å². The molecule has 6 heteroatoms. The summed E-state index contributed by atoms with van der Waals surface area (Å²) in [5.41, 5.74) is 2.15. The molecule has 0 unspecified atom stereocenters. The van der Waals surface area contributed by atoms with Crippen molar-refractivity contribution in [3.05, 3.63) is 71.8 Å². The minimum absolute atomic E-state index is 0.0412. The average molecular weight is 358 g/mol. The van der Waals surface area contributed by atoms with Gasteiger partial charge >= 0.3 is 0 Å². The Balaban J connectivity index is 1.64. The van der Waals surface area contributed by atoms with Crippen molar-refractivity contribution in [3.8, 4) is 0 Å². The molecular weight excluding hydrogens is 336 g/mol. The van der Waals surface area contributed by atoms with E-state index in [1.54, 1.807) is 0 Å². The van der Waals surface area contributed by atoms with E-state index in [0.29, 0.717) is 6.42 Å². The van der Waals surface area contributed by atoms with Crippen LogP contribution in [-0.2, 0) is 14.6 Å². The fourth-order valence-corrected chi connectivity index (χ4v) is 4.77. The van der Waals surface area contributed by atoms with Crippen LogP contribution in [0.5, 0.6) is 0 Å². The second-order valence-electron chi connectivity index (χ2n) is 6.30. The Labute approximate surface area is 148 Å².